The minimum absolute atomic E-state index is 0.298. The Labute approximate surface area is 111 Å². The van der Waals surface area contributed by atoms with E-state index in [0.29, 0.717) is 32.2 Å². The number of carbonyl (C=O) groups excluding carboxylic acids is 1. The summed E-state index contributed by atoms with van der Waals surface area (Å²) >= 11 is 0. The fraction of sp³-hybridized carbons (Fsp3) is 0.917. The van der Waals surface area contributed by atoms with Gasteiger partial charge in [0.05, 0.1) is 0 Å². The summed E-state index contributed by atoms with van der Waals surface area (Å²) in [7, 11) is 0. The summed E-state index contributed by atoms with van der Waals surface area (Å²) in [5, 5.41) is 0. The third kappa shape index (κ3) is 3.39. The van der Waals surface area contributed by atoms with Crippen LogP contribution in [-0.2, 0) is 4.79 Å². The van der Waals surface area contributed by atoms with Crippen molar-refractivity contribution >= 4 is 5.91 Å². The molecule has 0 saturated carbocycles. The smallest absolute Gasteiger partial charge is 0.338 e. The number of carbonyl (C=O) groups is 1. The standard InChI is InChI=1S/C12H22F3N3O/c1-4-9(2)17-5-7-18(8-6-17)10(19)11(3,16)12(13,14)15/h9H,4-8,16H2,1-3H3. The second-order valence-electron chi connectivity index (χ2n) is 5.29. The molecule has 2 atom stereocenters. The maximum atomic E-state index is 12.7. The Balaban J connectivity index is 2.63. The highest BCUT2D eigenvalue weighted by molar-refractivity contribution is 5.86. The van der Waals surface area contributed by atoms with Crippen LogP contribution in [0, 0.1) is 0 Å². The number of nitrogens with zero attached hydrogens (tertiary/aromatic N) is 2. The van der Waals surface area contributed by atoms with E-state index >= 15 is 0 Å². The lowest BCUT2D eigenvalue weighted by molar-refractivity contribution is -0.194. The molecule has 0 aliphatic carbocycles. The van der Waals surface area contributed by atoms with Crippen LogP contribution in [0.3, 0.4) is 0 Å². The van der Waals surface area contributed by atoms with E-state index in [9.17, 15) is 18.0 Å². The molecule has 0 aromatic heterocycles. The first-order chi connectivity index (χ1) is 8.61. The van der Waals surface area contributed by atoms with Gasteiger partial charge in [0.2, 0.25) is 0 Å². The van der Waals surface area contributed by atoms with Gasteiger partial charge >= 0.3 is 6.18 Å². The van der Waals surface area contributed by atoms with Gasteiger partial charge < -0.3 is 10.6 Å². The Morgan fingerprint density at radius 1 is 1.26 bits per heavy atom. The van der Waals surface area contributed by atoms with Crippen LogP contribution in [-0.4, -0.2) is 59.6 Å². The molecule has 7 heteroatoms. The normalized spacial score (nSPS) is 23.0. The maximum absolute atomic E-state index is 12.7. The highest BCUT2D eigenvalue weighted by atomic mass is 19.4. The van der Waals surface area contributed by atoms with Gasteiger partial charge in [0.25, 0.3) is 5.91 Å². The van der Waals surface area contributed by atoms with Crippen molar-refractivity contribution in [2.24, 2.45) is 5.73 Å². The van der Waals surface area contributed by atoms with Crippen LogP contribution < -0.4 is 5.73 Å². The van der Waals surface area contributed by atoms with Crippen LogP contribution in [0.15, 0.2) is 0 Å². The fourth-order valence-electron chi connectivity index (χ4n) is 2.07. The molecule has 2 N–H and O–H groups in total. The molecule has 0 aromatic carbocycles. The minimum atomic E-state index is -4.72. The Morgan fingerprint density at radius 3 is 2.11 bits per heavy atom. The molecule has 1 aliphatic rings. The minimum Gasteiger partial charge on any atom is -0.338 e. The van der Waals surface area contributed by atoms with Crippen molar-refractivity contribution in [3.8, 4) is 0 Å². The van der Waals surface area contributed by atoms with Crippen LogP contribution in [0.4, 0.5) is 13.2 Å². The number of piperazine rings is 1. The summed E-state index contributed by atoms with van der Waals surface area (Å²) in [4.78, 5) is 15.3. The van der Waals surface area contributed by atoms with E-state index in [1.165, 1.54) is 4.90 Å². The van der Waals surface area contributed by atoms with E-state index < -0.39 is 17.6 Å². The van der Waals surface area contributed by atoms with Crippen LogP contribution >= 0.6 is 0 Å². The van der Waals surface area contributed by atoms with Crippen LogP contribution in [0.25, 0.3) is 0 Å². The van der Waals surface area contributed by atoms with Gasteiger partial charge in [-0.3, -0.25) is 9.69 Å². The van der Waals surface area contributed by atoms with Crippen molar-refractivity contribution in [3.05, 3.63) is 0 Å². The number of halogens is 3. The summed E-state index contributed by atoms with van der Waals surface area (Å²) < 4.78 is 38.1. The second-order valence-corrected chi connectivity index (χ2v) is 5.29. The molecule has 1 saturated heterocycles. The number of rotatable bonds is 3. The summed E-state index contributed by atoms with van der Waals surface area (Å²) in [6, 6.07) is 0.379. The molecule has 1 fully saturated rings. The van der Waals surface area contributed by atoms with Crippen molar-refractivity contribution in [1.82, 2.24) is 9.80 Å². The molecule has 1 rings (SSSR count). The predicted octanol–water partition coefficient (Wildman–Crippen LogP) is 1.21. The third-order valence-electron chi connectivity index (χ3n) is 3.85. The van der Waals surface area contributed by atoms with Crippen LogP contribution in [0.2, 0.25) is 0 Å². The van der Waals surface area contributed by atoms with E-state index in [0.717, 1.165) is 13.3 Å². The molecule has 1 aliphatic heterocycles. The average molecular weight is 281 g/mol. The maximum Gasteiger partial charge on any atom is 0.415 e. The van der Waals surface area contributed by atoms with Gasteiger partial charge in [-0.05, 0) is 20.3 Å². The number of hydrogen-bond donors (Lipinski definition) is 1. The Morgan fingerprint density at radius 2 is 1.74 bits per heavy atom. The summed E-state index contributed by atoms with van der Waals surface area (Å²) in [6.07, 6.45) is -3.75. The molecule has 1 amide bonds. The zero-order valence-electron chi connectivity index (χ0n) is 11.6. The van der Waals surface area contributed by atoms with Gasteiger partial charge in [-0.1, -0.05) is 6.92 Å². The van der Waals surface area contributed by atoms with E-state index in [4.69, 9.17) is 5.73 Å². The first-order valence-electron chi connectivity index (χ1n) is 6.50. The van der Waals surface area contributed by atoms with Crippen molar-refractivity contribution < 1.29 is 18.0 Å². The van der Waals surface area contributed by atoms with Crippen LogP contribution in [0.5, 0.6) is 0 Å². The van der Waals surface area contributed by atoms with Crippen molar-refractivity contribution in [3.63, 3.8) is 0 Å². The molecular formula is C12H22F3N3O. The van der Waals surface area contributed by atoms with Crippen molar-refractivity contribution in [1.29, 1.82) is 0 Å². The number of nitrogens with two attached hydrogens (primary N) is 1. The third-order valence-corrected chi connectivity index (χ3v) is 3.85. The zero-order valence-corrected chi connectivity index (χ0v) is 11.6. The lowest BCUT2D eigenvalue weighted by Gasteiger charge is -2.40. The topological polar surface area (TPSA) is 49.6 Å². The van der Waals surface area contributed by atoms with Gasteiger partial charge in [-0.15, -0.1) is 0 Å². The van der Waals surface area contributed by atoms with Gasteiger partial charge in [-0.2, -0.15) is 13.2 Å². The quantitative estimate of drug-likeness (QED) is 0.846. The van der Waals surface area contributed by atoms with E-state index in [-0.39, 0.29) is 0 Å². The molecule has 0 bridgehead atoms. The summed E-state index contributed by atoms with van der Waals surface area (Å²) in [6.45, 7) is 6.64. The van der Waals surface area contributed by atoms with E-state index in [1.807, 2.05) is 0 Å². The van der Waals surface area contributed by atoms with Crippen LogP contribution in [0.1, 0.15) is 27.2 Å². The van der Waals surface area contributed by atoms with Crippen molar-refractivity contribution in [2.75, 3.05) is 26.2 Å². The first-order valence-corrected chi connectivity index (χ1v) is 6.50. The first kappa shape index (κ1) is 16.2. The predicted molar refractivity (Wildman–Crippen MR) is 66.6 cm³/mol. The SMILES string of the molecule is CCC(C)N1CCN(C(=O)C(C)(N)C(F)(F)F)CC1. The molecule has 2 unspecified atom stereocenters. The summed E-state index contributed by atoms with van der Waals surface area (Å²) in [5.74, 6) is -1.04. The molecule has 112 valence electrons. The van der Waals surface area contributed by atoms with Gasteiger partial charge in [0.1, 0.15) is 0 Å². The molecular weight excluding hydrogens is 259 g/mol. The molecule has 1 heterocycles. The van der Waals surface area contributed by atoms with Gasteiger partial charge in [0, 0.05) is 32.2 Å². The largest absolute Gasteiger partial charge is 0.415 e. The molecule has 4 nitrogen and oxygen atoms in total. The lowest BCUT2D eigenvalue weighted by atomic mass is 10.0. The average Bonchev–Trinajstić information content (AvgIpc) is 2.35. The molecule has 19 heavy (non-hydrogen) atoms. The Bertz CT molecular complexity index is 323. The lowest BCUT2D eigenvalue weighted by Crippen LogP contribution is -2.64. The van der Waals surface area contributed by atoms with Crippen molar-refractivity contribution in [2.45, 2.75) is 44.9 Å². The van der Waals surface area contributed by atoms with Gasteiger partial charge in [0.15, 0.2) is 5.54 Å². The zero-order chi connectivity index (χ0) is 14.8. The number of alkyl halides is 3. The summed E-state index contributed by atoms with van der Waals surface area (Å²) in [5.41, 5.74) is 2.36. The van der Waals surface area contributed by atoms with Gasteiger partial charge in [-0.25, -0.2) is 0 Å². The fourth-order valence-corrected chi connectivity index (χ4v) is 2.07. The van der Waals surface area contributed by atoms with E-state index in [2.05, 4.69) is 18.7 Å². The van der Waals surface area contributed by atoms with E-state index in [1.54, 1.807) is 0 Å². The second kappa shape index (κ2) is 5.66. The highest BCUT2D eigenvalue weighted by Crippen LogP contribution is 2.29. The highest BCUT2D eigenvalue weighted by Gasteiger charge is 2.55. The molecule has 0 radical (unpaired) electrons. The number of hydrogen-bond acceptors (Lipinski definition) is 3. The molecule has 0 aromatic rings. The molecule has 0 spiro atoms. The Kier molecular flexibility index (Phi) is 4.84. The number of amides is 1. The monoisotopic (exact) mass is 281 g/mol. The Hall–Kier alpha value is -0.820.